The normalized spacial score (nSPS) is 15.2. The fourth-order valence-electron chi connectivity index (χ4n) is 1.92. The number of aromatic nitrogens is 3. The minimum Gasteiger partial charge on any atom is -0.360 e. The predicted molar refractivity (Wildman–Crippen MR) is 77.7 cm³/mol. The molecule has 0 bridgehead atoms. The van der Waals surface area contributed by atoms with Crippen LogP contribution in [0, 0.1) is 0 Å². The fourth-order valence-corrected chi connectivity index (χ4v) is 2.68. The van der Waals surface area contributed by atoms with E-state index in [-0.39, 0.29) is 11.9 Å². The van der Waals surface area contributed by atoms with Crippen LogP contribution in [0.5, 0.6) is 0 Å². The summed E-state index contributed by atoms with van der Waals surface area (Å²) in [5.41, 5.74) is 1.56. The first-order valence-electron chi connectivity index (χ1n) is 6.19. The average Bonchev–Trinajstić information content (AvgIpc) is 2.49. The van der Waals surface area contributed by atoms with Crippen LogP contribution in [0.3, 0.4) is 0 Å². The summed E-state index contributed by atoms with van der Waals surface area (Å²) >= 11 is 1.42. The third kappa shape index (κ3) is 2.57. The van der Waals surface area contributed by atoms with Crippen LogP contribution in [-0.4, -0.2) is 26.6 Å². The molecule has 0 aliphatic carbocycles. The lowest BCUT2D eigenvalue weighted by Crippen LogP contribution is -2.22. The standard InChI is InChI=1S/C13H13N5OS/c1-8(9-4-2-3-5-14-9)17-12-11-13(16-7-15-12)20-6-10(19)18-11/h2-5,7-8H,6H2,1H3,(H,18,19)(H,15,16,17). The maximum absolute atomic E-state index is 11.5. The summed E-state index contributed by atoms with van der Waals surface area (Å²) in [6.07, 6.45) is 3.25. The highest BCUT2D eigenvalue weighted by Crippen LogP contribution is 2.34. The molecule has 0 aromatic carbocycles. The van der Waals surface area contributed by atoms with E-state index in [1.807, 2.05) is 25.1 Å². The molecule has 102 valence electrons. The fraction of sp³-hybridized carbons (Fsp3) is 0.231. The van der Waals surface area contributed by atoms with Crippen LogP contribution in [0.4, 0.5) is 11.5 Å². The Labute approximate surface area is 120 Å². The van der Waals surface area contributed by atoms with E-state index in [4.69, 9.17) is 0 Å². The van der Waals surface area contributed by atoms with Gasteiger partial charge in [-0.15, -0.1) is 0 Å². The van der Waals surface area contributed by atoms with E-state index < -0.39 is 0 Å². The average molecular weight is 287 g/mol. The monoisotopic (exact) mass is 287 g/mol. The van der Waals surface area contributed by atoms with Gasteiger partial charge in [-0.3, -0.25) is 9.78 Å². The number of nitrogens with one attached hydrogen (secondary N) is 2. The number of carbonyl (C=O) groups is 1. The maximum atomic E-state index is 11.5. The first kappa shape index (κ1) is 12.9. The summed E-state index contributed by atoms with van der Waals surface area (Å²) < 4.78 is 0. The van der Waals surface area contributed by atoms with Crippen molar-refractivity contribution in [2.75, 3.05) is 16.4 Å². The number of thioether (sulfide) groups is 1. The van der Waals surface area contributed by atoms with Crippen LogP contribution in [-0.2, 0) is 4.79 Å². The van der Waals surface area contributed by atoms with Crippen molar-refractivity contribution >= 4 is 29.2 Å². The molecule has 0 saturated heterocycles. The lowest BCUT2D eigenvalue weighted by Gasteiger charge is -2.20. The smallest absolute Gasteiger partial charge is 0.234 e. The number of amides is 1. The zero-order chi connectivity index (χ0) is 13.9. The van der Waals surface area contributed by atoms with Crippen molar-refractivity contribution in [2.45, 2.75) is 18.0 Å². The summed E-state index contributed by atoms with van der Waals surface area (Å²) in [7, 11) is 0. The van der Waals surface area contributed by atoms with E-state index in [2.05, 4.69) is 25.6 Å². The van der Waals surface area contributed by atoms with Crippen LogP contribution in [0.2, 0.25) is 0 Å². The van der Waals surface area contributed by atoms with Gasteiger partial charge in [0.05, 0.1) is 17.5 Å². The van der Waals surface area contributed by atoms with Crippen molar-refractivity contribution in [3.05, 3.63) is 36.4 Å². The summed E-state index contributed by atoms with van der Waals surface area (Å²) in [6.45, 7) is 1.99. The lowest BCUT2D eigenvalue weighted by molar-refractivity contribution is -0.113. The van der Waals surface area contributed by atoms with E-state index in [9.17, 15) is 4.79 Å². The molecule has 20 heavy (non-hydrogen) atoms. The number of fused-ring (bicyclic) bond motifs is 1. The van der Waals surface area contributed by atoms with Crippen LogP contribution >= 0.6 is 11.8 Å². The van der Waals surface area contributed by atoms with E-state index in [0.717, 1.165) is 10.7 Å². The summed E-state index contributed by atoms with van der Waals surface area (Å²) in [4.78, 5) is 24.2. The largest absolute Gasteiger partial charge is 0.360 e. The maximum Gasteiger partial charge on any atom is 0.234 e. The zero-order valence-corrected chi connectivity index (χ0v) is 11.6. The van der Waals surface area contributed by atoms with E-state index >= 15 is 0 Å². The van der Waals surface area contributed by atoms with Gasteiger partial charge in [-0.25, -0.2) is 9.97 Å². The van der Waals surface area contributed by atoms with Gasteiger partial charge in [0, 0.05) is 6.20 Å². The van der Waals surface area contributed by atoms with Crippen LogP contribution < -0.4 is 10.6 Å². The van der Waals surface area contributed by atoms with Gasteiger partial charge in [-0.2, -0.15) is 0 Å². The van der Waals surface area contributed by atoms with Gasteiger partial charge in [0.2, 0.25) is 5.91 Å². The van der Waals surface area contributed by atoms with Gasteiger partial charge < -0.3 is 10.6 Å². The Morgan fingerprint density at radius 1 is 1.35 bits per heavy atom. The molecule has 2 aromatic rings. The van der Waals surface area contributed by atoms with Gasteiger partial charge in [-0.1, -0.05) is 17.8 Å². The highest BCUT2D eigenvalue weighted by Gasteiger charge is 2.21. The topological polar surface area (TPSA) is 79.8 Å². The number of hydrogen-bond acceptors (Lipinski definition) is 6. The Balaban J connectivity index is 1.86. The second kappa shape index (κ2) is 5.46. The van der Waals surface area contributed by atoms with Gasteiger partial charge in [0.15, 0.2) is 5.82 Å². The first-order valence-corrected chi connectivity index (χ1v) is 7.17. The molecule has 0 radical (unpaired) electrons. The van der Waals surface area contributed by atoms with Gasteiger partial charge >= 0.3 is 0 Å². The molecule has 1 amide bonds. The summed E-state index contributed by atoms with van der Waals surface area (Å²) in [5.74, 6) is 0.971. The molecule has 3 rings (SSSR count). The minimum atomic E-state index is -0.0363. The number of carbonyl (C=O) groups excluding carboxylic acids is 1. The Morgan fingerprint density at radius 2 is 2.25 bits per heavy atom. The molecular formula is C13H13N5OS. The second-order valence-electron chi connectivity index (χ2n) is 4.36. The van der Waals surface area contributed by atoms with Crippen molar-refractivity contribution in [2.24, 2.45) is 0 Å². The quantitative estimate of drug-likeness (QED) is 0.841. The molecule has 1 aliphatic rings. The first-order chi connectivity index (χ1) is 9.74. The van der Waals surface area contributed by atoms with Crippen molar-refractivity contribution in [3.8, 4) is 0 Å². The molecule has 1 atom stereocenters. The summed E-state index contributed by atoms with van der Waals surface area (Å²) in [5, 5.41) is 6.87. The predicted octanol–water partition coefficient (Wildman–Crippen LogP) is 2.09. The van der Waals surface area contributed by atoms with Gasteiger partial charge in [-0.05, 0) is 19.1 Å². The third-order valence-electron chi connectivity index (χ3n) is 2.90. The van der Waals surface area contributed by atoms with E-state index in [1.54, 1.807) is 6.20 Å². The van der Waals surface area contributed by atoms with E-state index in [1.165, 1.54) is 18.1 Å². The molecule has 7 heteroatoms. The Hall–Kier alpha value is -2.15. The van der Waals surface area contributed by atoms with Gasteiger partial charge in [0.25, 0.3) is 0 Å². The van der Waals surface area contributed by atoms with Crippen molar-refractivity contribution in [1.29, 1.82) is 0 Å². The number of pyridine rings is 1. The molecule has 0 saturated carbocycles. The highest BCUT2D eigenvalue weighted by atomic mass is 32.2. The number of hydrogen-bond donors (Lipinski definition) is 2. The van der Waals surface area contributed by atoms with Crippen LogP contribution in [0.25, 0.3) is 0 Å². The molecule has 3 heterocycles. The Bertz CT molecular complexity index is 634. The van der Waals surface area contributed by atoms with Crippen LogP contribution in [0.15, 0.2) is 35.7 Å². The lowest BCUT2D eigenvalue weighted by atomic mass is 10.2. The minimum absolute atomic E-state index is 0.0148. The van der Waals surface area contributed by atoms with Gasteiger partial charge in [0.1, 0.15) is 17.0 Å². The molecular weight excluding hydrogens is 274 g/mol. The second-order valence-corrected chi connectivity index (χ2v) is 5.32. The van der Waals surface area contributed by atoms with E-state index in [0.29, 0.717) is 17.3 Å². The third-order valence-corrected chi connectivity index (χ3v) is 3.89. The van der Waals surface area contributed by atoms with Crippen molar-refractivity contribution in [3.63, 3.8) is 0 Å². The number of nitrogens with zero attached hydrogens (tertiary/aromatic N) is 3. The molecule has 1 aliphatic heterocycles. The zero-order valence-electron chi connectivity index (χ0n) is 10.8. The molecule has 6 nitrogen and oxygen atoms in total. The Morgan fingerprint density at radius 3 is 3.05 bits per heavy atom. The molecule has 1 unspecified atom stereocenters. The number of rotatable bonds is 3. The Kier molecular flexibility index (Phi) is 3.51. The number of anilines is 2. The highest BCUT2D eigenvalue weighted by molar-refractivity contribution is 8.00. The van der Waals surface area contributed by atoms with Crippen LogP contribution in [0.1, 0.15) is 18.7 Å². The molecule has 0 fully saturated rings. The molecule has 2 N–H and O–H groups in total. The summed E-state index contributed by atoms with van der Waals surface area (Å²) in [6, 6.07) is 5.74. The SMILES string of the molecule is CC(Nc1ncnc2c1NC(=O)CS2)c1ccccn1. The molecule has 0 spiro atoms. The van der Waals surface area contributed by atoms with Crippen molar-refractivity contribution in [1.82, 2.24) is 15.0 Å². The van der Waals surface area contributed by atoms with Crippen molar-refractivity contribution < 1.29 is 4.79 Å². The molecule has 2 aromatic heterocycles.